The van der Waals surface area contributed by atoms with Gasteiger partial charge in [0.2, 0.25) is 0 Å². The summed E-state index contributed by atoms with van der Waals surface area (Å²) in [6, 6.07) is 14.2. The molecule has 0 atom stereocenters. The number of sulfone groups is 1. The average molecular weight is 592 g/mol. The van der Waals surface area contributed by atoms with E-state index in [-0.39, 0.29) is 16.1 Å². The second-order valence-electron chi connectivity index (χ2n) is 9.18. The van der Waals surface area contributed by atoms with Crippen LogP contribution in [-0.4, -0.2) is 47.5 Å². The molecule has 1 fully saturated rings. The third-order valence-electron chi connectivity index (χ3n) is 6.59. The normalized spacial score (nSPS) is 13.9. The summed E-state index contributed by atoms with van der Waals surface area (Å²) in [5.41, 5.74) is 2.65. The zero-order valence-corrected chi connectivity index (χ0v) is 22.7. The summed E-state index contributed by atoms with van der Waals surface area (Å²) in [7, 11) is -3.68. The van der Waals surface area contributed by atoms with Gasteiger partial charge in [-0.3, -0.25) is 9.78 Å². The van der Waals surface area contributed by atoms with Gasteiger partial charge < -0.3 is 9.32 Å². The Bertz CT molecular complexity index is 1850. The number of rotatable bonds is 5. The Hall–Kier alpha value is -3.83. The third kappa shape index (κ3) is 4.41. The van der Waals surface area contributed by atoms with Crippen molar-refractivity contribution in [1.29, 1.82) is 0 Å². The molecule has 0 amide bonds. The number of oxazole rings is 1. The molecular weight excluding hydrogens is 570 g/mol. The first-order valence-corrected chi connectivity index (χ1v) is 14.7. The van der Waals surface area contributed by atoms with Crippen molar-refractivity contribution in [3.63, 3.8) is 0 Å². The summed E-state index contributed by atoms with van der Waals surface area (Å²) < 4.78 is 33.1. The van der Waals surface area contributed by atoms with Gasteiger partial charge in [0.1, 0.15) is 11.2 Å². The molecule has 38 heavy (non-hydrogen) atoms. The number of nitrogens with zero attached hydrogens (tertiary/aromatic N) is 5. The van der Waals surface area contributed by atoms with E-state index in [4.69, 9.17) is 9.52 Å². The Kier molecular flexibility index (Phi) is 6.11. The zero-order chi connectivity index (χ0) is 26.4. The fraction of sp³-hybridized carbons (Fsp3) is 0.185. The van der Waals surface area contributed by atoms with Gasteiger partial charge in [0.15, 0.2) is 22.0 Å². The van der Waals surface area contributed by atoms with Crippen molar-refractivity contribution in [3.05, 3.63) is 82.1 Å². The summed E-state index contributed by atoms with van der Waals surface area (Å²) in [5.74, 6) is 0.570. The predicted molar refractivity (Wildman–Crippen MR) is 148 cm³/mol. The minimum Gasteiger partial charge on any atom is -0.444 e. The Morgan fingerprint density at radius 1 is 1.03 bits per heavy atom. The molecule has 0 radical (unpaired) electrons. The van der Waals surface area contributed by atoms with Crippen LogP contribution in [-0.2, 0) is 9.84 Å². The van der Waals surface area contributed by atoms with Crippen molar-refractivity contribution < 1.29 is 12.8 Å². The molecule has 1 aliphatic heterocycles. The molecule has 1 saturated heterocycles. The Balaban J connectivity index is 1.65. The first kappa shape index (κ1) is 24.5. The highest BCUT2D eigenvalue weighted by Crippen LogP contribution is 2.33. The lowest BCUT2D eigenvalue weighted by Gasteiger charge is -2.20. The van der Waals surface area contributed by atoms with Gasteiger partial charge in [-0.2, -0.15) is 9.78 Å². The minimum absolute atomic E-state index is 0.0212. The van der Waals surface area contributed by atoms with Gasteiger partial charge in [-0.1, -0.05) is 15.9 Å². The number of halogens is 1. The van der Waals surface area contributed by atoms with Crippen LogP contribution in [0.5, 0.6) is 0 Å². The lowest BCUT2D eigenvalue weighted by Crippen LogP contribution is -2.25. The van der Waals surface area contributed by atoms with Crippen molar-refractivity contribution >= 4 is 42.4 Å². The third-order valence-corrected chi connectivity index (χ3v) is 8.19. The van der Waals surface area contributed by atoms with E-state index in [2.05, 4.69) is 30.8 Å². The highest BCUT2D eigenvalue weighted by Gasteiger charge is 2.23. The molecule has 11 heteroatoms. The summed E-state index contributed by atoms with van der Waals surface area (Å²) in [6.07, 6.45) is 7.75. The van der Waals surface area contributed by atoms with Crippen LogP contribution in [0.25, 0.3) is 39.2 Å². The lowest BCUT2D eigenvalue weighted by atomic mass is 10.0. The molecule has 0 N–H and O–H groups in total. The van der Waals surface area contributed by atoms with Gasteiger partial charge >= 0.3 is 0 Å². The van der Waals surface area contributed by atoms with Gasteiger partial charge in [-0.15, -0.1) is 0 Å². The number of hydrogen-bond acceptors (Lipinski definition) is 8. The molecular formula is C27H22BrN5O4S. The molecule has 0 saturated carbocycles. The van der Waals surface area contributed by atoms with E-state index in [0.29, 0.717) is 22.4 Å². The maximum absolute atomic E-state index is 13.7. The summed E-state index contributed by atoms with van der Waals surface area (Å²) >= 11 is 3.56. The van der Waals surface area contributed by atoms with Crippen LogP contribution in [0.1, 0.15) is 12.8 Å². The van der Waals surface area contributed by atoms with E-state index >= 15 is 0 Å². The molecule has 0 spiro atoms. The lowest BCUT2D eigenvalue weighted by molar-refractivity contribution is 0.572. The van der Waals surface area contributed by atoms with Crippen LogP contribution in [0, 0.1) is 0 Å². The van der Waals surface area contributed by atoms with Crippen LogP contribution in [0.4, 0.5) is 5.69 Å². The highest BCUT2D eigenvalue weighted by atomic mass is 79.9. The fourth-order valence-corrected chi connectivity index (χ4v) is 6.16. The van der Waals surface area contributed by atoms with Crippen LogP contribution in [0.15, 0.2) is 85.9 Å². The number of benzene rings is 2. The molecule has 0 unspecified atom stereocenters. The molecule has 3 aromatic heterocycles. The van der Waals surface area contributed by atoms with Crippen LogP contribution in [0.3, 0.4) is 0 Å². The van der Waals surface area contributed by atoms with Crippen molar-refractivity contribution in [3.8, 4) is 28.3 Å². The molecule has 9 nitrogen and oxygen atoms in total. The second kappa shape index (κ2) is 9.48. The molecule has 0 aliphatic carbocycles. The smallest absolute Gasteiger partial charge is 0.298 e. The van der Waals surface area contributed by atoms with E-state index in [1.807, 2.05) is 18.2 Å². The van der Waals surface area contributed by atoms with Gasteiger partial charge in [-0.25, -0.2) is 13.4 Å². The molecule has 6 rings (SSSR count). The van der Waals surface area contributed by atoms with Crippen LogP contribution < -0.4 is 10.5 Å². The summed E-state index contributed by atoms with van der Waals surface area (Å²) in [4.78, 5) is 24.3. The van der Waals surface area contributed by atoms with Crippen molar-refractivity contribution in [2.75, 3.05) is 24.2 Å². The Morgan fingerprint density at radius 3 is 2.55 bits per heavy atom. The summed E-state index contributed by atoms with van der Waals surface area (Å²) in [6.45, 7) is 1.74. The van der Waals surface area contributed by atoms with Crippen LogP contribution in [0.2, 0.25) is 0 Å². The van der Waals surface area contributed by atoms with E-state index in [9.17, 15) is 13.2 Å². The van der Waals surface area contributed by atoms with Gasteiger partial charge in [-0.05, 0) is 61.4 Å². The zero-order valence-electron chi connectivity index (χ0n) is 20.3. The SMILES string of the molecule is CS(=O)(=O)c1ccc(N2CCCC2)cc1-n1nc(-c2cc(Br)cc(-c3cnco3)c2)c2cccnc2c1=O. The maximum Gasteiger partial charge on any atom is 0.298 e. The predicted octanol–water partition coefficient (Wildman–Crippen LogP) is 4.87. The number of pyridine rings is 1. The molecule has 2 aromatic carbocycles. The molecule has 0 bridgehead atoms. The van der Waals surface area contributed by atoms with Crippen LogP contribution >= 0.6 is 15.9 Å². The first-order valence-electron chi connectivity index (χ1n) is 12.0. The van der Waals surface area contributed by atoms with E-state index < -0.39 is 15.4 Å². The molecule has 4 heterocycles. The van der Waals surface area contributed by atoms with Gasteiger partial charge in [0.05, 0.1) is 16.8 Å². The standard InChI is InChI=1S/C27H22BrN5O4S/c1-38(35,36)24-7-6-20(32-9-2-3-10-32)14-22(24)33-27(34)26-21(5-4-8-30-26)25(31-33)18-11-17(12-19(28)13-18)23-15-29-16-37-23/h4-8,11-16H,2-3,9-10H2,1H3. The first-order chi connectivity index (χ1) is 18.3. The van der Waals surface area contributed by atoms with Crippen molar-refractivity contribution in [1.82, 2.24) is 19.7 Å². The monoisotopic (exact) mass is 591 g/mol. The Labute approximate surface area is 226 Å². The maximum atomic E-state index is 13.7. The second-order valence-corrected chi connectivity index (χ2v) is 12.1. The quantitative estimate of drug-likeness (QED) is 0.284. The van der Waals surface area contributed by atoms with Crippen molar-refractivity contribution in [2.24, 2.45) is 0 Å². The Morgan fingerprint density at radius 2 is 1.82 bits per heavy atom. The molecule has 192 valence electrons. The molecule has 5 aromatic rings. The number of fused-ring (bicyclic) bond motifs is 1. The minimum atomic E-state index is -3.68. The van der Waals surface area contributed by atoms with Crippen molar-refractivity contribution in [2.45, 2.75) is 17.7 Å². The topological polar surface area (TPSA) is 111 Å². The number of anilines is 1. The number of hydrogen-bond donors (Lipinski definition) is 0. The van der Waals surface area contributed by atoms with Gasteiger partial charge in [0.25, 0.3) is 5.56 Å². The van der Waals surface area contributed by atoms with Gasteiger partial charge in [0, 0.05) is 52.2 Å². The number of aromatic nitrogens is 4. The van der Waals surface area contributed by atoms with E-state index in [0.717, 1.165) is 52.6 Å². The summed E-state index contributed by atoms with van der Waals surface area (Å²) in [5, 5.41) is 5.31. The molecule has 1 aliphatic rings. The average Bonchev–Trinajstić information content (AvgIpc) is 3.63. The van der Waals surface area contributed by atoms with E-state index in [1.165, 1.54) is 12.6 Å². The fourth-order valence-electron chi connectivity index (χ4n) is 4.83. The largest absolute Gasteiger partial charge is 0.444 e. The highest BCUT2D eigenvalue weighted by molar-refractivity contribution is 9.10. The van der Waals surface area contributed by atoms with E-state index in [1.54, 1.807) is 36.5 Å².